The summed E-state index contributed by atoms with van der Waals surface area (Å²) in [6, 6.07) is 0. The summed E-state index contributed by atoms with van der Waals surface area (Å²) in [5.41, 5.74) is 0. The lowest BCUT2D eigenvalue weighted by atomic mass is 9.90. The van der Waals surface area contributed by atoms with Crippen LogP contribution < -0.4 is 0 Å². The third-order valence-electron chi connectivity index (χ3n) is 3.07. The summed E-state index contributed by atoms with van der Waals surface area (Å²) in [6.07, 6.45) is -16.2. The number of halogens is 17. The molecule has 0 saturated carbocycles. The van der Waals surface area contributed by atoms with E-state index in [4.69, 9.17) is 0 Å². The minimum atomic E-state index is -8.39. The Bertz CT molecular complexity index is 514. The predicted octanol–water partition coefficient (Wildman–Crippen LogP) is 6.06. The second-order valence-corrected chi connectivity index (χ2v) is 4.98. The standard InChI is InChI=1S/C10H5F17/c11-2-1-4(13,14)3(12)5(15,16)6(17,18)7(19,20)8(21,22)9(23,24)10(25,26)27/h3H,1-2H2. The van der Waals surface area contributed by atoms with Crippen LogP contribution in [0.4, 0.5) is 74.6 Å². The van der Waals surface area contributed by atoms with Crippen molar-refractivity contribution in [3.8, 4) is 0 Å². The van der Waals surface area contributed by atoms with E-state index in [-0.39, 0.29) is 0 Å². The van der Waals surface area contributed by atoms with Crippen molar-refractivity contribution >= 4 is 0 Å². The number of hydrogen-bond donors (Lipinski definition) is 0. The molecule has 0 rings (SSSR count). The lowest BCUT2D eigenvalue weighted by Gasteiger charge is -2.41. The van der Waals surface area contributed by atoms with Crippen LogP contribution in [-0.2, 0) is 0 Å². The van der Waals surface area contributed by atoms with E-state index in [0.717, 1.165) is 0 Å². The van der Waals surface area contributed by atoms with Gasteiger partial charge in [-0.2, -0.15) is 57.1 Å². The molecule has 0 aliphatic carbocycles. The number of alkyl halides is 17. The first-order chi connectivity index (χ1) is 11.5. The van der Waals surface area contributed by atoms with Gasteiger partial charge in [-0.05, 0) is 0 Å². The molecule has 1 unspecified atom stereocenters. The summed E-state index contributed by atoms with van der Waals surface area (Å²) in [7, 11) is 0. The molecule has 0 aromatic rings. The van der Waals surface area contributed by atoms with Gasteiger partial charge in [0.25, 0.3) is 5.92 Å². The summed E-state index contributed by atoms with van der Waals surface area (Å²) >= 11 is 0. The topological polar surface area (TPSA) is 0 Å². The molecule has 17 heteroatoms. The zero-order valence-electron chi connectivity index (χ0n) is 11.9. The Balaban J connectivity index is 6.39. The molecule has 0 aromatic heterocycles. The molecule has 0 heterocycles. The van der Waals surface area contributed by atoms with Gasteiger partial charge >= 0.3 is 35.8 Å². The molecule has 0 aliphatic heterocycles. The molecule has 0 aromatic carbocycles. The molecule has 1 atom stereocenters. The zero-order valence-corrected chi connectivity index (χ0v) is 11.9. The molecular weight excluding hydrogens is 443 g/mol. The first kappa shape index (κ1) is 25.8. The maximum atomic E-state index is 13.1. The van der Waals surface area contributed by atoms with E-state index in [9.17, 15) is 74.6 Å². The molecule has 0 spiro atoms. The molecule has 0 aliphatic rings. The van der Waals surface area contributed by atoms with E-state index in [1.807, 2.05) is 0 Å². The van der Waals surface area contributed by atoms with Gasteiger partial charge in [0.15, 0.2) is 0 Å². The van der Waals surface area contributed by atoms with Crippen molar-refractivity contribution in [2.45, 2.75) is 54.3 Å². The molecule has 0 radical (unpaired) electrons. The van der Waals surface area contributed by atoms with Gasteiger partial charge in [0, 0.05) is 6.42 Å². The molecular formula is C10H5F17. The van der Waals surface area contributed by atoms with Gasteiger partial charge < -0.3 is 0 Å². The lowest BCUT2D eigenvalue weighted by molar-refractivity contribution is -0.446. The fourth-order valence-corrected chi connectivity index (χ4v) is 1.46. The Hall–Kier alpha value is -1.19. The molecule has 0 N–H and O–H groups in total. The predicted molar refractivity (Wildman–Crippen MR) is 51.2 cm³/mol. The van der Waals surface area contributed by atoms with E-state index in [2.05, 4.69) is 0 Å². The van der Waals surface area contributed by atoms with Crippen LogP contribution in [0.3, 0.4) is 0 Å². The molecule has 164 valence electrons. The summed E-state index contributed by atoms with van der Waals surface area (Å²) in [5.74, 6) is -46.5. The summed E-state index contributed by atoms with van der Waals surface area (Å²) < 4.78 is 214. The van der Waals surface area contributed by atoms with E-state index >= 15 is 0 Å². The van der Waals surface area contributed by atoms with Crippen molar-refractivity contribution in [2.75, 3.05) is 6.67 Å². The van der Waals surface area contributed by atoms with Crippen molar-refractivity contribution in [3.63, 3.8) is 0 Å². The smallest absolute Gasteiger partial charge is 0.251 e. The highest BCUT2D eigenvalue weighted by molar-refractivity contribution is 5.12. The Labute approximate surface area is 137 Å². The average Bonchev–Trinajstić information content (AvgIpc) is 2.44. The fraction of sp³-hybridized carbons (Fsp3) is 1.00. The Morgan fingerprint density at radius 3 is 1.15 bits per heavy atom. The Kier molecular flexibility index (Phi) is 6.41. The molecule has 0 nitrogen and oxygen atoms in total. The van der Waals surface area contributed by atoms with Crippen molar-refractivity contribution in [1.29, 1.82) is 0 Å². The molecule has 27 heavy (non-hydrogen) atoms. The summed E-state index contributed by atoms with van der Waals surface area (Å²) in [5, 5.41) is 0. The third-order valence-corrected chi connectivity index (χ3v) is 3.07. The van der Waals surface area contributed by atoms with E-state index in [0.29, 0.717) is 0 Å². The van der Waals surface area contributed by atoms with Gasteiger partial charge in [0.05, 0.1) is 6.67 Å². The van der Waals surface area contributed by atoms with E-state index in [1.165, 1.54) is 0 Å². The molecule has 0 bridgehead atoms. The SMILES string of the molecule is FCCC(F)(F)C(F)C(F)(F)C(F)(F)C(F)(F)C(F)(F)C(F)(F)C(F)(F)F. The first-order valence-electron chi connectivity index (χ1n) is 6.00. The van der Waals surface area contributed by atoms with Gasteiger partial charge in [-0.25, -0.2) is 13.2 Å². The minimum absolute atomic E-state index is 2.41. The minimum Gasteiger partial charge on any atom is -0.251 e. The van der Waals surface area contributed by atoms with Gasteiger partial charge in [0.2, 0.25) is 6.17 Å². The van der Waals surface area contributed by atoms with Crippen LogP contribution in [0.15, 0.2) is 0 Å². The maximum absolute atomic E-state index is 13.1. The highest BCUT2D eigenvalue weighted by atomic mass is 19.4. The second-order valence-electron chi connectivity index (χ2n) is 4.98. The van der Waals surface area contributed by atoms with Gasteiger partial charge in [-0.15, -0.1) is 0 Å². The molecule has 0 amide bonds. The lowest BCUT2D eigenvalue weighted by Crippen LogP contribution is -2.72. The fourth-order valence-electron chi connectivity index (χ4n) is 1.46. The van der Waals surface area contributed by atoms with Gasteiger partial charge in [-0.3, -0.25) is 4.39 Å². The summed E-state index contributed by atoms with van der Waals surface area (Å²) in [4.78, 5) is 0. The number of rotatable bonds is 8. The first-order valence-corrected chi connectivity index (χ1v) is 6.00. The summed E-state index contributed by atoms with van der Waals surface area (Å²) in [6.45, 7) is -2.41. The van der Waals surface area contributed by atoms with Crippen LogP contribution in [0.2, 0.25) is 0 Å². The van der Waals surface area contributed by atoms with Crippen LogP contribution >= 0.6 is 0 Å². The van der Waals surface area contributed by atoms with Gasteiger partial charge in [0.1, 0.15) is 0 Å². The number of hydrogen-bond acceptors (Lipinski definition) is 0. The zero-order chi connectivity index (χ0) is 22.5. The quantitative estimate of drug-likeness (QED) is 0.397. The normalized spacial score (nSPS) is 17.2. The van der Waals surface area contributed by atoms with Crippen LogP contribution in [0.25, 0.3) is 0 Å². The highest BCUT2D eigenvalue weighted by Gasteiger charge is 2.92. The van der Waals surface area contributed by atoms with Crippen LogP contribution in [-0.4, -0.2) is 54.6 Å². The van der Waals surface area contributed by atoms with Crippen LogP contribution in [0.5, 0.6) is 0 Å². The highest BCUT2D eigenvalue weighted by Crippen LogP contribution is 2.61. The monoisotopic (exact) mass is 448 g/mol. The van der Waals surface area contributed by atoms with E-state index < -0.39 is 61.0 Å². The van der Waals surface area contributed by atoms with Crippen molar-refractivity contribution in [2.24, 2.45) is 0 Å². The van der Waals surface area contributed by atoms with Crippen molar-refractivity contribution in [3.05, 3.63) is 0 Å². The Morgan fingerprint density at radius 1 is 0.519 bits per heavy atom. The molecule has 0 fully saturated rings. The maximum Gasteiger partial charge on any atom is 0.460 e. The molecule has 0 saturated heterocycles. The van der Waals surface area contributed by atoms with Crippen molar-refractivity contribution in [1.82, 2.24) is 0 Å². The average molecular weight is 448 g/mol. The van der Waals surface area contributed by atoms with Crippen LogP contribution in [0, 0.1) is 0 Å². The Morgan fingerprint density at radius 2 is 0.852 bits per heavy atom. The van der Waals surface area contributed by atoms with Crippen LogP contribution in [0.1, 0.15) is 6.42 Å². The third kappa shape index (κ3) is 3.61. The largest absolute Gasteiger partial charge is 0.460 e. The van der Waals surface area contributed by atoms with Gasteiger partial charge in [-0.1, -0.05) is 0 Å². The van der Waals surface area contributed by atoms with E-state index in [1.54, 1.807) is 0 Å². The second kappa shape index (κ2) is 6.70. The van der Waals surface area contributed by atoms with Crippen molar-refractivity contribution < 1.29 is 74.6 Å².